The molecule has 24 heavy (non-hydrogen) atoms. The van der Waals surface area contributed by atoms with Gasteiger partial charge in [-0.2, -0.15) is 0 Å². The topological polar surface area (TPSA) is 98.0 Å². The minimum absolute atomic E-state index is 0.0669. The molecule has 3 rings (SSSR count). The standard InChI is InChI=1S/C18H15O5P/c19-15-11-14(12-7-3-1-4-8-12)17(20)16(18(15)24(21,22)23)13-9-5-2-6-10-13/h1-11,19-20H,(H2,21,22,23). The van der Waals surface area contributed by atoms with Crippen LogP contribution in [-0.4, -0.2) is 20.0 Å². The van der Waals surface area contributed by atoms with Gasteiger partial charge in [-0.15, -0.1) is 0 Å². The summed E-state index contributed by atoms with van der Waals surface area (Å²) in [6.45, 7) is 0. The molecular weight excluding hydrogens is 327 g/mol. The SMILES string of the molecule is O=P(O)(O)c1c(O)cc(-c2ccccc2)c(O)c1-c1ccccc1. The zero-order chi connectivity index (χ0) is 17.3. The Bertz CT molecular complexity index is 917. The van der Waals surface area contributed by atoms with Gasteiger partial charge in [0.15, 0.2) is 0 Å². The molecule has 3 aromatic carbocycles. The van der Waals surface area contributed by atoms with Gasteiger partial charge in [0.2, 0.25) is 0 Å². The first-order chi connectivity index (χ1) is 11.4. The highest BCUT2D eigenvalue weighted by molar-refractivity contribution is 7.60. The van der Waals surface area contributed by atoms with E-state index >= 15 is 0 Å². The Morgan fingerprint density at radius 2 is 1.25 bits per heavy atom. The van der Waals surface area contributed by atoms with Gasteiger partial charge in [0.1, 0.15) is 16.8 Å². The number of phenols is 2. The van der Waals surface area contributed by atoms with Crippen molar-refractivity contribution in [1.82, 2.24) is 0 Å². The molecule has 0 amide bonds. The van der Waals surface area contributed by atoms with Gasteiger partial charge in [-0.1, -0.05) is 60.7 Å². The molecule has 0 aromatic heterocycles. The highest BCUT2D eigenvalue weighted by Gasteiger charge is 2.31. The molecule has 0 aliphatic heterocycles. The minimum atomic E-state index is -4.81. The van der Waals surface area contributed by atoms with E-state index in [0.29, 0.717) is 16.7 Å². The number of hydrogen-bond acceptors (Lipinski definition) is 3. The van der Waals surface area contributed by atoms with Gasteiger partial charge in [0, 0.05) is 11.1 Å². The van der Waals surface area contributed by atoms with Crippen molar-refractivity contribution >= 4 is 12.9 Å². The molecule has 0 bridgehead atoms. The first kappa shape index (κ1) is 16.3. The molecule has 0 heterocycles. The molecule has 6 heteroatoms. The van der Waals surface area contributed by atoms with Gasteiger partial charge in [-0.3, -0.25) is 4.57 Å². The van der Waals surface area contributed by atoms with Crippen LogP contribution in [0.5, 0.6) is 11.5 Å². The van der Waals surface area contributed by atoms with Crippen molar-refractivity contribution in [1.29, 1.82) is 0 Å². The van der Waals surface area contributed by atoms with E-state index in [1.807, 2.05) is 6.07 Å². The summed E-state index contributed by atoms with van der Waals surface area (Å²) in [6, 6.07) is 18.3. The Balaban J connectivity index is 2.40. The molecule has 4 N–H and O–H groups in total. The quantitative estimate of drug-likeness (QED) is 0.433. The summed E-state index contributed by atoms with van der Waals surface area (Å²) in [5.41, 5.74) is 1.26. The maximum absolute atomic E-state index is 11.9. The van der Waals surface area contributed by atoms with Crippen LogP contribution in [0.15, 0.2) is 66.7 Å². The molecule has 0 saturated carbocycles. The second-order valence-electron chi connectivity index (χ2n) is 5.29. The molecule has 0 unspecified atom stereocenters. The fourth-order valence-corrected chi connectivity index (χ4v) is 3.55. The van der Waals surface area contributed by atoms with E-state index in [4.69, 9.17) is 0 Å². The van der Waals surface area contributed by atoms with E-state index in [9.17, 15) is 24.6 Å². The lowest BCUT2D eigenvalue weighted by molar-refractivity contribution is 0.384. The Morgan fingerprint density at radius 3 is 1.75 bits per heavy atom. The van der Waals surface area contributed by atoms with Crippen LogP contribution in [0.2, 0.25) is 0 Å². The summed E-state index contributed by atoms with van der Waals surface area (Å²) in [6.07, 6.45) is 0. The third kappa shape index (κ3) is 2.93. The van der Waals surface area contributed by atoms with Crippen molar-refractivity contribution in [3.63, 3.8) is 0 Å². The van der Waals surface area contributed by atoms with Crippen LogP contribution in [0.1, 0.15) is 0 Å². The summed E-state index contributed by atoms with van der Waals surface area (Å²) in [4.78, 5) is 19.3. The Morgan fingerprint density at radius 1 is 0.750 bits per heavy atom. The summed E-state index contributed by atoms with van der Waals surface area (Å²) in [5.74, 6) is -0.845. The van der Waals surface area contributed by atoms with Crippen molar-refractivity contribution in [2.24, 2.45) is 0 Å². The minimum Gasteiger partial charge on any atom is -0.507 e. The molecule has 0 aliphatic carbocycles. The average Bonchev–Trinajstić information content (AvgIpc) is 2.56. The average molecular weight is 342 g/mol. The van der Waals surface area contributed by atoms with E-state index in [2.05, 4.69) is 0 Å². The summed E-state index contributed by atoms with van der Waals surface area (Å²) < 4.78 is 11.9. The van der Waals surface area contributed by atoms with Crippen molar-refractivity contribution in [3.05, 3.63) is 66.7 Å². The predicted molar refractivity (Wildman–Crippen MR) is 92.3 cm³/mol. The number of aromatic hydroxyl groups is 2. The second-order valence-corrected chi connectivity index (χ2v) is 6.83. The van der Waals surface area contributed by atoms with E-state index in [0.717, 1.165) is 0 Å². The smallest absolute Gasteiger partial charge is 0.360 e. The van der Waals surface area contributed by atoms with Crippen LogP contribution in [0, 0.1) is 0 Å². The lowest BCUT2D eigenvalue weighted by atomic mass is 9.96. The van der Waals surface area contributed by atoms with Gasteiger partial charge in [0.25, 0.3) is 0 Å². The molecule has 0 saturated heterocycles. The normalized spacial score (nSPS) is 11.4. The third-order valence-corrected chi connectivity index (χ3v) is 4.73. The second kappa shape index (κ2) is 6.13. The van der Waals surface area contributed by atoms with Crippen LogP contribution in [0.25, 0.3) is 22.3 Å². The highest BCUT2D eigenvalue weighted by Crippen LogP contribution is 2.48. The fourth-order valence-electron chi connectivity index (χ4n) is 2.66. The van der Waals surface area contributed by atoms with Crippen LogP contribution >= 0.6 is 7.60 Å². The van der Waals surface area contributed by atoms with Crippen molar-refractivity contribution in [2.75, 3.05) is 0 Å². The van der Waals surface area contributed by atoms with Gasteiger partial charge >= 0.3 is 7.60 Å². The predicted octanol–water partition coefficient (Wildman–Crippen LogP) is 3.23. The molecule has 122 valence electrons. The first-order valence-corrected chi connectivity index (χ1v) is 8.76. The summed E-state index contributed by atoms with van der Waals surface area (Å²) in [7, 11) is -4.81. The number of phenolic OH excluding ortho intramolecular Hbond substituents is 2. The molecule has 0 spiro atoms. The molecule has 0 aliphatic rings. The Hall–Kier alpha value is -2.59. The van der Waals surface area contributed by atoms with Crippen LogP contribution in [-0.2, 0) is 4.57 Å². The molecule has 0 atom stereocenters. The number of hydrogen-bond donors (Lipinski definition) is 4. The number of rotatable bonds is 3. The van der Waals surface area contributed by atoms with E-state index < -0.39 is 18.6 Å². The van der Waals surface area contributed by atoms with E-state index in [1.54, 1.807) is 54.6 Å². The first-order valence-electron chi connectivity index (χ1n) is 7.15. The molecule has 0 fully saturated rings. The van der Waals surface area contributed by atoms with E-state index in [-0.39, 0.29) is 11.3 Å². The lowest BCUT2D eigenvalue weighted by Crippen LogP contribution is -2.10. The monoisotopic (exact) mass is 342 g/mol. The van der Waals surface area contributed by atoms with E-state index in [1.165, 1.54) is 6.07 Å². The van der Waals surface area contributed by atoms with Crippen LogP contribution in [0.3, 0.4) is 0 Å². The van der Waals surface area contributed by atoms with Gasteiger partial charge in [0.05, 0.1) is 0 Å². The molecular formula is C18H15O5P. The lowest BCUT2D eigenvalue weighted by Gasteiger charge is -2.18. The summed E-state index contributed by atoms with van der Waals surface area (Å²) >= 11 is 0. The fraction of sp³-hybridized carbons (Fsp3) is 0. The summed E-state index contributed by atoms with van der Waals surface area (Å²) in [5, 5.41) is 20.4. The van der Waals surface area contributed by atoms with Crippen molar-refractivity contribution in [2.45, 2.75) is 0 Å². The van der Waals surface area contributed by atoms with Crippen LogP contribution in [0.4, 0.5) is 0 Å². The molecule has 0 radical (unpaired) electrons. The molecule has 5 nitrogen and oxygen atoms in total. The van der Waals surface area contributed by atoms with Crippen LogP contribution < -0.4 is 5.30 Å². The maximum atomic E-state index is 11.9. The zero-order valence-electron chi connectivity index (χ0n) is 12.5. The van der Waals surface area contributed by atoms with Crippen molar-refractivity contribution in [3.8, 4) is 33.8 Å². The van der Waals surface area contributed by atoms with Gasteiger partial charge in [-0.25, -0.2) is 0 Å². The Labute approximate surface area is 138 Å². The van der Waals surface area contributed by atoms with Gasteiger partial charge < -0.3 is 20.0 Å². The third-order valence-electron chi connectivity index (χ3n) is 3.69. The number of benzene rings is 3. The highest BCUT2D eigenvalue weighted by atomic mass is 31.2. The Kier molecular flexibility index (Phi) is 4.16. The zero-order valence-corrected chi connectivity index (χ0v) is 13.4. The largest absolute Gasteiger partial charge is 0.507 e. The van der Waals surface area contributed by atoms with Gasteiger partial charge in [-0.05, 0) is 17.2 Å². The maximum Gasteiger partial charge on any atom is 0.360 e. The molecule has 3 aromatic rings. The van der Waals surface area contributed by atoms with Crippen molar-refractivity contribution < 1.29 is 24.6 Å².